The molecular formula is C10H14BrN3S. The number of guanidine groups is 1. The van der Waals surface area contributed by atoms with Crippen LogP contribution in [0.4, 0.5) is 0 Å². The topological polar surface area (TPSA) is 36.4 Å². The summed E-state index contributed by atoms with van der Waals surface area (Å²) < 4.78 is 1.15. The average molecular weight is 288 g/mol. The SMILES string of the molecule is C=CCNC(=NC)NCc1ccc(Br)s1. The van der Waals surface area contributed by atoms with Crippen molar-refractivity contribution in [2.45, 2.75) is 6.54 Å². The molecule has 1 aromatic rings. The number of thiophene rings is 1. The third kappa shape index (κ3) is 4.48. The fraction of sp³-hybridized carbons (Fsp3) is 0.300. The number of aliphatic imine (C=N–C) groups is 1. The van der Waals surface area contributed by atoms with E-state index in [1.807, 2.05) is 6.07 Å². The fourth-order valence-corrected chi connectivity index (χ4v) is 2.43. The van der Waals surface area contributed by atoms with Crippen molar-refractivity contribution < 1.29 is 0 Å². The molecule has 0 fully saturated rings. The molecule has 0 aliphatic heterocycles. The first-order valence-corrected chi connectivity index (χ1v) is 6.17. The van der Waals surface area contributed by atoms with Gasteiger partial charge in [0.1, 0.15) is 0 Å². The van der Waals surface area contributed by atoms with Gasteiger partial charge in [0.15, 0.2) is 5.96 Å². The van der Waals surface area contributed by atoms with Crippen LogP contribution in [-0.2, 0) is 6.54 Å². The first kappa shape index (κ1) is 12.3. The van der Waals surface area contributed by atoms with Crippen LogP contribution in [0.5, 0.6) is 0 Å². The summed E-state index contributed by atoms with van der Waals surface area (Å²) in [5.41, 5.74) is 0. The van der Waals surface area contributed by atoms with Crippen molar-refractivity contribution in [1.82, 2.24) is 10.6 Å². The molecule has 2 N–H and O–H groups in total. The summed E-state index contributed by atoms with van der Waals surface area (Å²) in [6, 6.07) is 4.13. The number of hydrogen-bond acceptors (Lipinski definition) is 2. The van der Waals surface area contributed by atoms with E-state index in [4.69, 9.17) is 0 Å². The normalized spacial score (nSPS) is 11.2. The van der Waals surface area contributed by atoms with E-state index in [9.17, 15) is 0 Å². The van der Waals surface area contributed by atoms with E-state index in [0.29, 0.717) is 6.54 Å². The largest absolute Gasteiger partial charge is 0.353 e. The summed E-state index contributed by atoms with van der Waals surface area (Å²) in [5.74, 6) is 0.791. The third-order valence-electron chi connectivity index (χ3n) is 1.70. The summed E-state index contributed by atoms with van der Waals surface area (Å²) in [4.78, 5) is 5.35. The molecule has 3 nitrogen and oxygen atoms in total. The highest BCUT2D eigenvalue weighted by molar-refractivity contribution is 9.11. The van der Waals surface area contributed by atoms with Gasteiger partial charge in [0, 0.05) is 18.5 Å². The molecule has 15 heavy (non-hydrogen) atoms. The Morgan fingerprint density at radius 3 is 2.93 bits per heavy atom. The molecule has 5 heteroatoms. The molecule has 0 aliphatic carbocycles. The quantitative estimate of drug-likeness (QED) is 0.507. The maximum atomic E-state index is 4.09. The number of hydrogen-bond donors (Lipinski definition) is 2. The van der Waals surface area contributed by atoms with Crippen molar-refractivity contribution in [2.24, 2.45) is 4.99 Å². The summed E-state index contributed by atoms with van der Waals surface area (Å²) in [6.45, 7) is 5.14. The lowest BCUT2D eigenvalue weighted by Gasteiger charge is -2.08. The van der Waals surface area contributed by atoms with Gasteiger partial charge in [-0.1, -0.05) is 6.08 Å². The zero-order valence-electron chi connectivity index (χ0n) is 8.59. The van der Waals surface area contributed by atoms with Gasteiger partial charge in [0.05, 0.1) is 10.3 Å². The number of halogens is 1. The third-order valence-corrected chi connectivity index (χ3v) is 3.32. The minimum Gasteiger partial charge on any atom is -0.353 e. The highest BCUT2D eigenvalue weighted by Gasteiger charge is 1.99. The molecule has 0 saturated carbocycles. The van der Waals surface area contributed by atoms with Gasteiger partial charge in [-0.05, 0) is 28.1 Å². The van der Waals surface area contributed by atoms with Crippen LogP contribution in [0.25, 0.3) is 0 Å². The standard InChI is InChI=1S/C10H14BrN3S/c1-3-6-13-10(12-2)14-7-8-4-5-9(11)15-8/h3-5H,1,6-7H2,2H3,(H2,12,13,14). The van der Waals surface area contributed by atoms with Gasteiger partial charge in [-0.2, -0.15) is 0 Å². The lowest BCUT2D eigenvalue weighted by Crippen LogP contribution is -2.36. The second kappa shape index (κ2) is 6.63. The van der Waals surface area contributed by atoms with Crippen LogP contribution >= 0.6 is 27.3 Å². The molecule has 0 aromatic carbocycles. The van der Waals surface area contributed by atoms with E-state index in [-0.39, 0.29) is 0 Å². The van der Waals surface area contributed by atoms with Gasteiger partial charge in [-0.15, -0.1) is 17.9 Å². The Kier molecular flexibility index (Phi) is 5.42. The molecule has 0 unspecified atom stereocenters. The summed E-state index contributed by atoms with van der Waals surface area (Å²) in [5, 5.41) is 6.32. The summed E-state index contributed by atoms with van der Waals surface area (Å²) >= 11 is 5.15. The van der Waals surface area contributed by atoms with Crippen LogP contribution in [0, 0.1) is 0 Å². The highest BCUT2D eigenvalue weighted by Crippen LogP contribution is 2.21. The zero-order valence-corrected chi connectivity index (χ0v) is 11.0. The Morgan fingerprint density at radius 1 is 1.60 bits per heavy atom. The van der Waals surface area contributed by atoms with E-state index in [1.54, 1.807) is 24.5 Å². The number of nitrogens with one attached hydrogen (secondary N) is 2. The number of rotatable bonds is 4. The second-order valence-corrected chi connectivity index (χ2v) is 5.35. The predicted octanol–water partition coefficient (Wildman–Crippen LogP) is 2.36. The van der Waals surface area contributed by atoms with Gasteiger partial charge in [-0.25, -0.2) is 0 Å². The fourth-order valence-electron chi connectivity index (χ4n) is 1.01. The molecule has 0 amide bonds. The molecule has 1 heterocycles. The van der Waals surface area contributed by atoms with Crippen molar-refractivity contribution in [3.8, 4) is 0 Å². The van der Waals surface area contributed by atoms with E-state index < -0.39 is 0 Å². The van der Waals surface area contributed by atoms with Crippen molar-refractivity contribution in [2.75, 3.05) is 13.6 Å². The van der Waals surface area contributed by atoms with Crippen LogP contribution in [0.3, 0.4) is 0 Å². The van der Waals surface area contributed by atoms with E-state index >= 15 is 0 Å². The predicted molar refractivity (Wildman–Crippen MR) is 70.4 cm³/mol. The second-order valence-electron chi connectivity index (χ2n) is 2.80. The van der Waals surface area contributed by atoms with Gasteiger partial charge >= 0.3 is 0 Å². The molecule has 1 aromatic heterocycles. The molecule has 82 valence electrons. The summed E-state index contributed by atoms with van der Waals surface area (Å²) in [6.07, 6.45) is 1.80. The lowest BCUT2D eigenvalue weighted by atomic mass is 10.5. The Hall–Kier alpha value is -0.810. The van der Waals surface area contributed by atoms with Crippen LogP contribution in [0.1, 0.15) is 4.88 Å². The Labute approximate surface area is 102 Å². The van der Waals surface area contributed by atoms with Crippen molar-refractivity contribution in [3.05, 3.63) is 33.5 Å². The molecule has 0 saturated heterocycles. The zero-order chi connectivity index (χ0) is 11.1. The van der Waals surface area contributed by atoms with Crippen molar-refractivity contribution >= 4 is 33.2 Å². The monoisotopic (exact) mass is 287 g/mol. The van der Waals surface area contributed by atoms with Crippen LogP contribution in [0.15, 0.2) is 33.6 Å². The molecule has 0 bridgehead atoms. The van der Waals surface area contributed by atoms with Crippen LogP contribution < -0.4 is 10.6 Å². The van der Waals surface area contributed by atoms with Crippen molar-refractivity contribution in [1.29, 1.82) is 0 Å². The van der Waals surface area contributed by atoms with Gasteiger partial charge < -0.3 is 10.6 Å². The Morgan fingerprint density at radius 2 is 2.40 bits per heavy atom. The van der Waals surface area contributed by atoms with E-state index in [1.165, 1.54) is 4.88 Å². The Balaban J connectivity index is 2.37. The lowest BCUT2D eigenvalue weighted by molar-refractivity contribution is 0.858. The van der Waals surface area contributed by atoms with E-state index in [2.05, 4.69) is 44.2 Å². The molecule has 0 spiro atoms. The Bertz CT molecular complexity index is 346. The maximum absolute atomic E-state index is 4.09. The first-order valence-electron chi connectivity index (χ1n) is 4.56. The molecule has 0 atom stereocenters. The van der Waals surface area contributed by atoms with Crippen LogP contribution in [0.2, 0.25) is 0 Å². The van der Waals surface area contributed by atoms with Gasteiger partial charge in [-0.3, -0.25) is 4.99 Å². The first-order chi connectivity index (χ1) is 7.26. The average Bonchev–Trinajstić information content (AvgIpc) is 2.65. The van der Waals surface area contributed by atoms with Gasteiger partial charge in [0.2, 0.25) is 0 Å². The molecule has 0 aliphatic rings. The summed E-state index contributed by atoms with van der Waals surface area (Å²) in [7, 11) is 1.75. The highest BCUT2D eigenvalue weighted by atomic mass is 79.9. The van der Waals surface area contributed by atoms with Crippen LogP contribution in [-0.4, -0.2) is 19.6 Å². The minimum atomic E-state index is 0.716. The molecule has 1 rings (SSSR count). The van der Waals surface area contributed by atoms with Crippen molar-refractivity contribution in [3.63, 3.8) is 0 Å². The smallest absolute Gasteiger partial charge is 0.191 e. The molecular weight excluding hydrogens is 274 g/mol. The number of nitrogens with zero attached hydrogens (tertiary/aromatic N) is 1. The minimum absolute atomic E-state index is 0.716. The van der Waals surface area contributed by atoms with Gasteiger partial charge in [0.25, 0.3) is 0 Å². The maximum Gasteiger partial charge on any atom is 0.191 e. The van der Waals surface area contributed by atoms with E-state index in [0.717, 1.165) is 16.3 Å². The molecule has 0 radical (unpaired) electrons.